The summed E-state index contributed by atoms with van der Waals surface area (Å²) in [5.74, 6) is -2.42. The van der Waals surface area contributed by atoms with Crippen molar-refractivity contribution < 1.29 is 23.1 Å². The van der Waals surface area contributed by atoms with Gasteiger partial charge in [0.1, 0.15) is 22.0 Å². The number of aliphatic carboxylic acids is 1. The van der Waals surface area contributed by atoms with E-state index in [1.54, 1.807) is 26.0 Å². The number of amides is 1. The number of carboxylic acids is 1. The van der Waals surface area contributed by atoms with Crippen LogP contribution >= 0.6 is 11.7 Å². The fraction of sp³-hybridized carbons (Fsp3) is 0.529. The van der Waals surface area contributed by atoms with Gasteiger partial charge in [-0.3, -0.25) is 4.79 Å². The molecule has 1 aliphatic rings. The number of benzene rings is 1. The number of aromatic nitrogens is 2. The number of rotatable bonds is 6. The van der Waals surface area contributed by atoms with E-state index < -0.39 is 33.9 Å². The highest BCUT2D eigenvalue weighted by atomic mass is 32.2. The molecule has 3 rings (SSSR count). The van der Waals surface area contributed by atoms with Crippen LogP contribution in [0.2, 0.25) is 0 Å². The summed E-state index contributed by atoms with van der Waals surface area (Å²) in [5, 5.41) is 11.8. The van der Waals surface area contributed by atoms with Gasteiger partial charge in [-0.1, -0.05) is 19.9 Å². The molecular weight excluding hydrogens is 404 g/mol. The van der Waals surface area contributed by atoms with E-state index in [9.17, 15) is 23.1 Å². The molecule has 1 aliphatic heterocycles. The van der Waals surface area contributed by atoms with Crippen LogP contribution in [0.5, 0.6) is 0 Å². The molecule has 2 atom stereocenters. The molecule has 1 saturated heterocycles. The first-order valence-electron chi connectivity index (χ1n) is 8.96. The average Bonchev–Trinajstić information content (AvgIpc) is 3.14. The zero-order valence-corrected chi connectivity index (χ0v) is 17.2. The summed E-state index contributed by atoms with van der Waals surface area (Å²) in [5.41, 5.74) is 0.837. The zero-order valence-electron chi connectivity index (χ0n) is 15.5. The lowest BCUT2D eigenvalue weighted by atomic mass is 9.97. The maximum atomic E-state index is 13.1. The summed E-state index contributed by atoms with van der Waals surface area (Å²) in [4.78, 5) is 24.0. The molecule has 0 saturated carbocycles. The van der Waals surface area contributed by atoms with Gasteiger partial charge < -0.3 is 10.4 Å². The van der Waals surface area contributed by atoms with Crippen LogP contribution < -0.4 is 5.32 Å². The molecule has 0 spiro atoms. The second-order valence-electron chi connectivity index (χ2n) is 7.16. The largest absolute Gasteiger partial charge is 0.480 e. The molecule has 1 aromatic heterocycles. The first-order valence-corrected chi connectivity index (χ1v) is 11.1. The first kappa shape index (κ1) is 20.6. The lowest BCUT2D eigenvalue weighted by Gasteiger charge is -2.32. The fourth-order valence-electron chi connectivity index (χ4n) is 3.29. The molecule has 152 valence electrons. The second kappa shape index (κ2) is 8.10. The molecule has 0 aliphatic carbocycles. The number of carboxylic acid groups (broad SMARTS) is 1. The van der Waals surface area contributed by atoms with Crippen molar-refractivity contribution in [2.75, 3.05) is 13.1 Å². The van der Waals surface area contributed by atoms with Crippen molar-refractivity contribution in [2.24, 2.45) is 11.8 Å². The number of sulfonamides is 1. The SMILES string of the molecule is CC(C)C(NC(=O)C1CCCN(S(=O)(=O)c2cccc3nsnc23)C1)C(=O)O. The number of piperidine rings is 1. The van der Waals surface area contributed by atoms with Gasteiger partial charge >= 0.3 is 5.97 Å². The van der Waals surface area contributed by atoms with Gasteiger partial charge in [0.15, 0.2) is 0 Å². The Morgan fingerprint density at radius 1 is 1.32 bits per heavy atom. The van der Waals surface area contributed by atoms with Crippen LogP contribution in [0, 0.1) is 11.8 Å². The van der Waals surface area contributed by atoms with E-state index in [2.05, 4.69) is 14.1 Å². The van der Waals surface area contributed by atoms with E-state index in [1.165, 1.54) is 10.4 Å². The molecule has 2 N–H and O–H groups in total. The van der Waals surface area contributed by atoms with Crippen LogP contribution in [0.3, 0.4) is 0 Å². The van der Waals surface area contributed by atoms with Crippen molar-refractivity contribution in [1.82, 2.24) is 18.4 Å². The molecule has 0 bridgehead atoms. The maximum Gasteiger partial charge on any atom is 0.326 e. The normalized spacial score (nSPS) is 19.6. The standard InChI is InChI=1S/C17H22N4O5S2/c1-10(2)14(17(23)24)18-16(22)11-5-4-8-21(9-11)28(25,26)13-7-3-6-12-15(13)20-27-19-12/h3,6-7,10-11,14H,4-5,8-9H2,1-2H3,(H,18,22)(H,23,24). The lowest BCUT2D eigenvalue weighted by molar-refractivity contribution is -0.144. The van der Waals surface area contributed by atoms with Crippen LogP contribution in [0.25, 0.3) is 11.0 Å². The third-order valence-electron chi connectivity index (χ3n) is 4.85. The molecule has 28 heavy (non-hydrogen) atoms. The minimum absolute atomic E-state index is 0.00650. The van der Waals surface area contributed by atoms with Crippen LogP contribution in [-0.4, -0.2) is 57.6 Å². The third kappa shape index (κ3) is 4.01. The molecule has 1 amide bonds. The van der Waals surface area contributed by atoms with E-state index in [4.69, 9.17) is 0 Å². The van der Waals surface area contributed by atoms with Crippen molar-refractivity contribution in [3.63, 3.8) is 0 Å². The number of fused-ring (bicyclic) bond motifs is 1. The van der Waals surface area contributed by atoms with Crippen LogP contribution in [0.4, 0.5) is 0 Å². The van der Waals surface area contributed by atoms with Crippen molar-refractivity contribution in [1.29, 1.82) is 0 Å². The molecule has 0 radical (unpaired) electrons. The summed E-state index contributed by atoms with van der Waals surface area (Å²) in [6.07, 6.45) is 1.02. The van der Waals surface area contributed by atoms with Crippen LogP contribution in [0.1, 0.15) is 26.7 Å². The summed E-state index contributed by atoms with van der Waals surface area (Å²) < 4.78 is 35.7. The number of carbonyl (C=O) groups excluding carboxylic acids is 1. The smallest absolute Gasteiger partial charge is 0.326 e. The van der Waals surface area contributed by atoms with Crippen molar-refractivity contribution in [3.8, 4) is 0 Å². The van der Waals surface area contributed by atoms with Gasteiger partial charge in [0.05, 0.1) is 17.6 Å². The zero-order chi connectivity index (χ0) is 20.5. The first-order chi connectivity index (χ1) is 13.2. The van der Waals surface area contributed by atoms with Crippen LogP contribution in [-0.2, 0) is 19.6 Å². The Balaban J connectivity index is 1.80. The van der Waals surface area contributed by atoms with E-state index in [0.717, 1.165) is 11.7 Å². The maximum absolute atomic E-state index is 13.1. The van der Waals surface area contributed by atoms with E-state index in [1.807, 2.05) is 0 Å². The minimum atomic E-state index is -3.84. The molecule has 11 heteroatoms. The fourth-order valence-corrected chi connectivity index (χ4v) is 5.56. The highest BCUT2D eigenvalue weighted by Crippen LogP contribution is 2.28. The van der Waals surface area contributed by atoms with E-state index in [-0.39, 0.29) is 17.4 Å². The predicted molar refractivity (Wildman–Crippen MR) is 103 cm³/mol. The number of carbonyl (C=O) groups is 2. The number of hydrogen-bond acceptors (Lipinski definition) is 7. The Morgan fingerprint density at radius 3 is 2.75 bits per heavy atom. The molecule has 1 aromatic carbocycles. The summed E-state index contributed by atoms with van der Waals surface area (Å²) in [6, 6.07) is 3.80. The Bertz CT molecular complexity index is 988. The monoisotopic (exact) mass is 426 g/mol. The summed E-state index contributed by atoms with van der Waals surface area (Å²) >= 11 is 0.945. The molecule has 2 heterocycles. The minimum Gasteiger partial charge on any atom is -0.480 e. The lowest BCUT2D eigenvalue weighted by Crippen LogP contribution is -2.50. The third-order valence-corrected chi connectivity index (χ3v) is 7.29. The Hall–Kier alpha value is -2.11. The Morgan fingerprint density at radius 2 is 2.07 bits per heavy atom. The highest BCUT2D eigenvalue weighted by molar-refractivity contribution is 7.89. The van der Waals surface area contributed by atoms with Gasteiger partial charge in [-0.15, -0.1) is 0 Å². The Kier molecular flexibility index (Phi) is 5.96. The summed E-state index contributed by atoms with van der Waals surface area (Å²) in [6.45, 7) is 3.72. The van der Waals surface area contributed by atoms with Crippen LogP contribution in [0.15, 0.2) is 23.1 Å². The van der Waals surface area contributed by atoms with Gasteiger partial charge in [-0.25, -0.2) is 13.2 Å². The molecule has 2 aromatic rings. The van der Waals surface area contributed by atoms with Crippen molar-refractivity contribution >= 4 is 44.7 Å². The van der Waals surface area contributed by atoms with Gasteiger partial charge in [0, 0.05) is 13.1 Å². The van der Waals surface area contributed by atoms with Gasteiger partial charge in [-0.2, -0.15) is 13.1 Å². The quantitative estimate of drug-likeness (QED) is 0.712. The van der Waals surface area contributed by atoms with Gasteiger partial charge in [0.25, 0.3) is 0 Å². The molecule has 1 fully saturated rings. The topological polar surface area (TPSA) is 130 Å². The highest BCUT2D eigenvalue weighted by Gasteiger charge is 2.36. The van der Waals surface area contributed by atoms with Gasteiger partial charge in [0.2, 0.25) is 15.9 Å². The number of nitrogens with zero attached hydrogens (tertiary/aromatic N) is 3. The Labute approximate surface area is 167 Å². The number of nitrogens with one attached hydrogen (secondary N) is 1. The molecule has 9 nitrogen and oxygen atoms in total. The van der Waals surface area contributed by atoms with Gasteiger partial charge in [-0.05, 0) is 30.9 Å². The predicted octanol–water partition coefficient (Wildman–Crippen LogP) is 1.32. The van der Waals surface area contributed by atoms with E-state index >= 15 is 0 Å². The van der Waals surface area contributed by atoms with Crippen molar-refractivity contribution in [2.45, 2.75) is 37.6 Å². The summed E-state index contributed by atoms with van der Waals surface area (Å²) in [7, 11) is -3.84. The van der Waals surface area contributed by atoms with E-state index in [0.29, 0.717) is 30.4 Å². The number of hydrogen-bond donors (Lipinski definition) is 2. The average molecular weight is 427 g/mol. The van der Waals surface area contributed by atoms with Crippen molar-refractivity contribution in [3.05, 3.63) is 18.2 Å². The second-order valence-corrected chi connectivity index (χ2v) is 9.59. The molecular formula is C17H22N4O5S2. The molecule has 2 unspecified atom stereocenters.